The van der Waals surface area contributed by atoms with Crippen molar-refractivity contribution in [3.8, 4) is 5.75 Å². The molecule has 34 heavy (non-hydrogen) atoms. The fourth-order valence-corrected chi connectivity index (χ4v) is 3.00. The Labute approximate surface area is 192 Å². The van der Waals surface area contributed by atoms with E-state index in [1.54, 1.807) is 36.4 Å². The Balaban J connectivity index is 1.63. The van der Waals surface area contributed by atoms with Crippen molar-refractivity contribution in [3.63, 3.8) is 0 Å². The van der Waals surface area contributed by atoms with Gasteiger partial charge in [0.1, 0.15) is 5.75 Å². The number of nitrogens with two attached hydrogens (primary N) is 1. The highest BCUT2D eigenvalue weighted by molar-refractivity contribution is 6.10. The number of rotatable bonds is 8. The summed E-state index contributed by atoms with van der Waals surface area (Å²) < 4.78 is 44.1. The summed E-state index contributed by atoms with van der Waals surface area (Å²) in [5, 5.41) is 4.96. The first-order valence-electron chi connectivity index (χ1n) is 9.99. The molecule has 0 unspecified atom stereocenters. The molecule has 0 atom stereocenters. The molecule has 0 aromatic heterocycles. The molecule has 0 fully saturated rings. The van der Waals surface area contributed by atoms with Crippen LogP contribution in [0.3, 0.4) is 0 Å². The highest BCUT2D eigenvalue weighted by Crippen LogP contribution is 2.31. The van der Waals surface area contributed by atoms with Crippen LogP contribution in [0.25, 0.3) is 0 Å². The third-order valence-corrected chi connectivity index (χ3v) is 4.57. The summed E-state index contributed by atoms with van der Waals surface area (Å²) in [7, 11) is 0. The van der Waals surface area contributed by atoms with Crippen LogP contribution < -0.4 is 21.1 Å². The van der Waals surface area contributed by atoms with Crippen LogP contribution in [-0.4, -0.2) is 24.3 Å². The third-order valence-electron chi connectivity index (χ3n) is 4.57. The Bertz CT molecular complexity index is 1190. The minimum Gasteiger partial charge on any atom is -0.484 e. The lowest BCUT2D eigenvalue weighted by Gasteiger charge is -2.13. The number of nitrogens with one attached hydrogen (secondary N) is 2. The number of ether oxygens (including phenoxy) is 1. The van der Waals surface area contributed by atoms with Gasteiger partial charge in [-0.2, -0.15) is 13.2 Å². The number of alkyl halides is 3. The first-order chi connectivity index (χ1) is 16.1. The van der Waals surface area contributed by atoms with Crippen molar-refractivity contribution in [2.45, 2.75) is 12.6 Å². The Morgan fingerprint density at radius 2 is 1.59 bits per heavy atom. The van der Waals surface area contributed by atoms with E-state index in [1.165, 1.54) is 24.3 Å². The van der Waals surface area contributed by atoms with E-state index in [9.17, 15) is 27.6 Å². The van der Waals surface area contributed by atoms with Gasteiger partial charge in [-0.25, -0.2) is 0 Å². The Morgan fingerprint density at radius 3 is 2.26 bits per heavy atom. The Hall–Kier alpha value is -4.34. The van der Waals surface area contributed by atoms with Gasteiger partial charge in [0.05, 0.1) is 23.2 Å². The van der Waals surface area contributed by atoms with Crippen molar-refractivity contribution in [2.75, 3.05) is 17.2 Å². The summed E-state index contributed by atoms with van der Waals surface area (Å²) in [5.41, 5.74) is 5.13. The number of carbonyl (C=O) groups excluding carboxylic acids is 3. The molecule has 3 aromatic carbocycles. The van der Waals surface area contributed by atoms with Crippen LogP contribution in [0.5, 0.6) is 5.75 Å². The molecular weight excluding hydrogens is 451 g/mol. The van der Waals surface area contributed by atoms with E-state index in [0.717, 1.165) is 12.1 Å². The van der Waals surface area contributed by atoms with Gasteiger partial charge in [0.25, 0.3) is 11.8 Å². The van der Waals surface area contributed by atoms with E-state index in [0.29, 0.717) is 11.3 Å². The van der Waals surface area contributed by atoms with Crippen LogP contribution in [0.15, 0.2) is 72.8 Å². The number of hydrogen-bond donors (Lipinski definition) is 3. The van der Waals surface area contributed by atoms with Crippen LogP contribution in [0.2, 0.25) is 0 Å². The quantitative estimate of drug-likeness (QED) is 0.461. The maximum atomic E-state index is 12.9. The second-order valence-corrected chi connectivity index (χ2v) is 7.20. The van der Waals surface area contributed by atoms with E-state index in [-0.39, 0.29) is 30.0 Å². The second kappa shape index (κ2) is 10.5. The zero-order valence-corrected chi connectivity index (χ0v) is 17.7. The lowest BCUT2D eigenvalue weighted by atomic mass is 10.1. The highest BCUT2D eigenvalue weighted by atomic mass is 19.4. The first kappa shape index (κ1) is 24.3. The van der Waals surface area contributed by atoms with E-state index in [1.807, 2.05) is 0 Å². The SMILES string of the molecule is NC(=O)Cc1ccc(OCC(=O)Nc2ccccc2C(=O)Nc2cccc(C(F)(F)F)c2)cc1. The third kappa shape index (κ3) is 6.83. The average molecular weight is 471 g/mol. The number of primary amides is 1. The van der Waals surface area contributed by atoms with Crippen molar-refractivity contribution in [2.24, 2.45) is 5.73 Å². The van der Waals surface area contributed by atoms with Gasteiger partial charge in [0, 0.05) is 5.69 Å². The van der Waals surface area contributed by atoms with Crippen molar-refractivity contribution in [1.29, 1.82) is 0 Å². The molecular formula is C24H20F3N3O4. The van der Waals surface area contributed by atoms with E-state index >= 15 is 0 Å². The average Bonchev–Trinajstić information content (AvgIpc) is 2.78. The molecule has 0 bridgehead atoms. The molecule has 10 heteroatoms. The molecule has 0 saturated carbocycles. The number of carbonyl (C=O) groups is 3. The molecule has 3 rings (SSSR count). The maximum absolute atomic E-state index is 12.9. The van der Waals surface area contributed by atoms with Gasteiger partial charge in [0.15, 0.2) is 6.61 Å². The molecule has 0 heterocycles. The summed E-state index contributed by atoms with van der Waals surface area (Å²) in [6.07, 6.45) is -4.46. The molecule has 0 spiro atoms. The van der Waals surface area contributed by atoms with E-state index < -0.39 is 29.5 Å². The summed E-state index contributed by atoms with van der Waals surface area (Å²) >= 11 is 0. The van der Waals surface area contributed by atoms with Gasteiger partial charge in [-0.15, -0.1) is 0 Å². The fraction of sp³-hybridized carbons (Fsp3) is 0.125. The lowest BCUT2D eigenvalue weighted by Crippen LogP contribution is -2.23. The van der Waals surface area contributed by atoms with Gasteiger partial charge in [-0.3, -0.25) is 14.4 Å². The molecule has 0 aliphatic heterocycles. The maximum Gasteiger partial charge on any atom is 0.416 e. The predicted molar refractivity (Wildman–Crippen MR) is 119 cm³/mol. The van der Waals surface area contributed by atoms with Gasteiger partial charge in [-0.1, -0.05) is 30.3 Å². The predicted octanol–water partition coefficient (Wildman–Crippen LogP) is 4.00. The van der Waals surface area contributed by atoms with Crippen LogP contribution >= 0.6 is 0 Å². The Morgan fingerprint density at radius 1 is 0.882 bits per heavy atom. The summed E-state index contributed by atoms with van der Waals surface area (Å²) in [4.78, 5) is 35.9. The van der Waals surface area contributed by atoms with Crippen LogP contribution in [0.1, 0.15) is 21.5 Å². The largest absolute Gasteiger partial charge is 0.484 e. The lowest BCUT2D eigenvalue weighted by molar-refractivity contribution is -0.137. The number of amides is 3. The van der Waals surface area contributed by atoms with Crippen molar-refractivity contribution < 1.29 is 32.3 Å². The normalized spacial score (nSPS) is 10.9. The van der Waals surface area contributed by atoms with Gasteiger partial charge in [0.2, 0.25) is 5.91 Å². The number of anilines is 2. The second-order valence-electron chi connectivity index (χ2n) is 7.20. The minimum atomic E-state index is -4.55. The van der Waals surface area contributed by atoms with Gasteiger partial charge < -0.3 is 21.1 Å². The van der Waals surface area contributed by atoms with Crippen LogP contribution in [0.4, 0.5) is 24.5 Å². The van der Waals surface area contributed by atoms with E-state index in [2.05, 4.69) is 10.6 Å². The van der Waals surface area contributed by atoms with Crippen molar-refractivity contribution >= 4 is 29.1 Å². The van der Waals surface area contributed by atoms with Gasteiger partial charge in [-0.05, 0) is 48.0 Å². The molecule has 0 radical (unpaired) electrons. The van der Waals surface area contributed by atoms with E-state index in [4.69, 9.17) is 10.5 Å². The van der Waals surface area contributed by atoms with Crippen molar-refractivity contribution in [3.05, 3.63) is 89.5 Å². The summed E-state index contributed by atoms with van der Waals surface area (Å²) in [5.74, 6) is -1.33. The molecule has 3 amide bonds. The number of benzene rings is 3. The molecule has 0 saturated heterocycles. The Kier molecular flexibility index (Phi) is 7.52. The van der Waals surface area contributed by atoms with Crippen LogP contribution in [0, 0.1) is 0 Å². The fourth-order valence-electron chi connectivity index (χ4n) is 3.00. The van der Waals surface area contributed by atoms with Crippen molar-refractivity contribution in [1.82, 2.24) is 0 Å². The monoisotopic (exact) mass is 471 g/mol. The zero-order chi connectivity index (χ0) is 24.7. The minimum absolute atomic E-state index is 0.0379. The summed E-state index contributed by atoms with van der Waals surface area (Å²) in [6.45, 7) is -0.362. The highest BCUT2D eigenvalue weighted by Gasteiger charge is 2.30. The molecule has 0 aliphatic carbocycles. The number of hydrogen-bond acceptors (Lipinski definition) is 4. The zero-order valence-electron chi connectivity index (χ0n) is 17.7. The molecule has 7 nitrogen and oxygen atoms in total. The topological polar surface area (TPSA) is 111 Å². The number of para-hydroxylation sites is 1. The van der Waals surface area contributed by atoms with Crippen LogP contribution in [-0.2, 0) is 22.2 Å². The smallest absolute Gasteiger partial charge is 0.416 e. The molecule has 176 valence electrons. The molecule has 0 aliphatic rings. The summed E-state index contributed by atoms with van der Waals surface area (Å²) in [6, 6.07) is 16.8. The molecule has 3 aromatic rings. The van der Waals surface area contributed by atoms with Gasteiger partial charge >= 0.3 is 6.18 Å². The first-order valence-corrected chi connectivity index (χ1v) is 9.99. The standard InChI is InChI=1S/C24H20F3N3O4/c25-24(26,27)16-4-3-5-17(13-16)29-23(33)19-6-1-2-7-20(19)30-22(32)14-34-18-10-8-15(9-11-18)12-21(28)31/h1-11,13H,12,14H2,(H2,28,31)(H,29,33)(H,30,32). The number of halogens is 3. The molecule has 4 N–H and O–H groups in total.